The van der Waals surface area contributed by atoms with Crippen molar-refractivity contribution in [1.29, 1.82) is 0 Å². The fourth-order valence-electron chi connectivity index (χ4n) is 2.28. The van der Waals surface area contributed by atoms with E-state index >= 15 is 0 Å². The molecule has 2 unspecified atom stereocenters. The fourth-order valence-corrected chi connectivity index (χ4v) is 2.65. The van der Waals surface area contributed by atoms with Crippen LogP contribution >= 0.6 is 11.6 Å². The molecule has 0 aromatic carbocycles. The van der Waals surface area contributed by atoms with Crippen LogP contribution in [0.15, 0.2) is 0 Å². The Morgan fingerprint density at radius 1 is 1.64 bits per heavy atom. The van der Waals surface area contributed by atoms with Crippen LogP contribution in [0.4, 0.5) is 0 Å². The van der Waals surface area contributed by atoms with Gasteiger partial charge in [0.2, 0.25) is 0 Å². The molecule has 2 N–H and O–H groups in total. The minimum absolute atomic E-state index is 0.391. The molecule has 0 radical (unpaired) electrons. The van der Waals surface area contributed by atoms with Crippen molar-refractivity contribution in [1.82, 2.24) is 0 Å². The Kier molecular flexibility index (Phi) is 3.20. The third kappa shape index (κ3) is 1.70. The van der Waals surface area contributed by atoms with Crippen LogP contribution in [0, 0.1) is 11.3 Å². The Morgan fingerprint density at radius 2 is 2.36 bits per heavy atom. The number of nitrogens with two attached hydrogens (primary N) is 1. The first-order valence-electron chi connectivity index (χ1n) is 4.51. The van der Waals surface area contributed by atoms with E-state index in [4.69, 9.17) is 17.3 Å². The first kappa shape index (κ1) is 9.34. The molecule has 2 heteroatoms. The average Bonchev–Trinajstić information content (AvgIpc) is 2.35. The average molecular weight is 176 g/mol. The van der Waals surface area contributed by atoms with E-state index in [1.54, 1.807) is 0 Å². The molecule has 1 saturated carbocycles. The third-order valence-electron chi connectivity index (χ3n) is 3.36. The zero-order valence-electron chi connectivity index (χ0n) is 7.28. The lowest BCUT2D eigenvalue weighted by Gasteiger charge is -2.31. The summed E-state index contributed by atoms with van der Waals surface area (Å²) in [6.45, 7) is 3.13. The molecule has 11 heavy (non-hydrogen) atoms. The fraction of sp³-hybridized carbons (Fsp3) is 1.00. The van der Waals surface area contributed by atoms with Gasteiger partial charge in [-0.15, -0.1) is 11.6 Å². The van der Waals surface area contributed by atoms with Crippen molar-refractivity contribution in [2.75, 3.05) is 12.4 Å². The number of hydrogen-bond acceptors (Lipinski definition) is 1. The van der Waals surface area contributed by atoms with Crippen molar-refractivity contribution in [3.8, 4) is 0 Å². The van der Waals surface area contributed by atoms with Crippen LogP contribution in [0.25, 0.3) is 0 Å². The molecule has 0 aliphatic heterocycles. The summed E-state index contributed by atoms with van der Waals surface area (Å²) in [5, 5.41) is 0. The van der Waals surface area contributed by atoms with E-state index in [1.807, 2.05) is 0 Å². The highest BCUT2D eigenvalue weighted by molar-refractivity contribution is 6.17. The number of rotatable bonds is 3. The van der Waals surface area contributed by atoms with Gasteiger partial charge in [-0.3, -0.25) is 0 Å². The number of halogens is 1. The van der Waals surface area contributed by atoms with Crippen LogP contribution in [0.3, 0.4) is 0 Å². The summed E-state index contributed by atoms with van der Waals surface area (Å²) < 4.78 is 0. The predicted molar refractivity (Wildman–Crippen MR) is 49.8 cm³/mol. The van der Waals surface area contributed by atoms with Gasteiger partial charge in [0.05, 0.1) is 0 Å². The summed E-state index contributed by atoms with van der Waals surface area (Å²) >= 11 is 5.76. The Bertz CT molecular complexity index is 127. The Balaban J connectivity index is 2.57. The van der Waals surface area contributed by atoms with Gasteiger partial charge in [0.15, 0.2) is 0 Å². The highest BCUT2D eigenvalue weighted by Crippen LogP contribution is 2.45. The maximum Gasteiger partial charge on any atom is 0.0229 e. The van der Waals surface area contributed by atoms with Gasteiger partial charge < -0.3 is 5.73 Å². The molecule has 1 aliphatic carbocycles. The molecular formula is C9H18ClN. The van der Waals surface area contributed by atoms with Crippen molar-refractivity contribution in [2.24, 2.45) is 17.1 Å². The van der Waals surface area contributed by atoms with Crippen molar-refractivity contribution < 1.29 is 0 Å². The summed E-state index contributed by atoms with van der Waals surface area (Å²) in [5.74, 6) is 1.55. The smallest absolute Gasteiger partial charge is 0.0229 e. The van der Waals surface area contributed by atoms with E-state index in [2.05, 4.69) is 6.92 Å². The number of alkyl halides is 1. The molecule has 0 amide bonds. The Morgan fingerprint density at radius 3 is 2.73 bits per heavy atom. The lowest BCUT2D eigenvalue weighted by atomic mass is 9.76. The largest absolute Gasteiger partial charge is 0.330 e. The molecule has 0 saturated heterocycles. The Hall–Kier alpha value is 0.250. The van der Waals surface area contributed by atoms with Gasteiger partial charge in [-0.25, -0.2) is 0 Å². The van der Waals surface area contributed by atoms with Gasteiger partial charge in [0, 0.05) is 5.88 Å². The van der Waals surface area contributed by atoms with Crippen LogP contribution < -0.4 is 5.73 Å². The molecule has 0 bridgehead atoms. The zero-order valence-corrected chi connectivity index (χ0v) is 8.03. The molecule has 0 aromatic heterocycles. The topological polar surface area (TPSA) is 26.0 Å². The standard InChI is InChI=1S/C9H18ClN/c1-8-3-2-4-9(8,7-11)5-6-10/h8H,2-7,11H2,1H3. The first-order chi connectivity index (χ1) is 5.25. The SMILES string of the molecule is CC1CCCC1(CN)CCCl. The van der Waals surface area contributed by atoms with E-state index < -0.39 is 0 Å². The van der Waals surface area contributed by atoms with Gasteiger partial charge in [0.25, 0.3) is 0 Å². The van der Waals surface area contributed by atoms with E-state index in [9.17, 15) is 0 Å². The van der Waals surface area contributed by atoms with Crippen molar-refractivity contribution >= 4 is 11.6 Å². The summed E-state index contributed by atoms with van der Waals surface area (Å²) in [6, 6.07) is 0. The summed E-state index contributed by atoms with van der Waals surface area (Å²) in [6.07, 6.45) is 5.08. The second-order valence-electron chi connectivity index (χ2n) is 3.80. The highest BCUT2D eigenvalue weighted by Gasteiger charge is 2.37. The van der Waals surface area contributed by atoms with Crippen LogP contribution in [0.5, 0.6) is 0 Å². The number of hydrogen-bond donors (Lipinski definition) is 1. The quantitative estimate of drug-likeness (QED) is 0.655. The summed E-state index contributed by atoms with van der Waals surface area (Å²) in [5.41, 5.74) is 6.18. The maximum atomic E-state index is 5.79. The van der Waals surface area contributed by atoms with Crippen LogP contribution in [-0.4, -0.2) is 12.4 Å². The molecular weight excluding hydrogens is 158 g/mol. The minimum atomic E-state index is 0.391. The molecule has 2 atom stereocenters. The Labute approximate surface area is 74.3 Å². The second kappa shape index (κ2) is 3.77. The van der Waals surface area contributed by atoms with Gasteiger partial charge in [0.1, 0.15) is 0 Å². The first-order valence-corrected chi connectivity index (χ1v) is 5.04. The molecule has 1 fully saturated rings. The maximum absolute atomic E-state index is 5.79. The minimum Gasteiger partial charge on any atom is -0.330 e. The predicted octanol–water partition coefficient (Wildman–Crippen LogP) is 2.38. The van der Waals surface area contributed by atoms with E-state index in [-0.39, 0.29) is 0 Å². The molecule has 1 rings (SSSR count). The monoisotopic (exact) mass is 175 g/mol. The van der Waals surface area contributed by atoms with Crippen LogP contribution in [0.2, 0.25) is 0 Å². The lowest BCUT2D eigenvalue weighted by molar-refractivity contribution is 0.217. The normalized spacial score (nSPS) is 37.9. The molecule has 1 aliphatic rings. The van der Waals surface area contributed by atoms with E-state index in [0.717, 1.165) is 24.8 Å². The molecule has 66 valence electrons. The van der Waals surface area contributed by atoms with Gasteiger partial charge in [-0.05, 0) is 30.7 Å². The van der Waals surface area contributed by atoms with E-state index in [1.165, 1.54) is 19.3 Å². The highest BCUT2D eigenvalue weighted by atomic mass is 35.5. The van der Waals surface area contributed by atoms with Gasteiger partial charge >= 0.3 is 0 Å². The molecule has 0 aromatic rings. The zero-order chi connectivity index (χ0) is 8.32. The van der Waals surface area contributed by atoms with Crippen molar-refractivity contribution in [3.63, 3.8) is 0 Å². The lowest BCUT2D eigenvalue weighted by Crippen LogP contribution is -2.33. The van der Waals surface area contributed by atoms with E-state index in [0.29, 0.717) is 5.41 Å². The molecule has 0 heterocycles. The summed E-state index contributed by atoms with van der Waals surface area (Å²) in [7, 11) is 0. The van der Waals surface area contributed by atoms with Crippen molar-refractivity contribution in [3.05, 3.63) is 0 Å². The summed E-state index contributed by atoms with van der Waals surface area (Å²) in [4.78, 5) is 0. The second-order valence-corrected chi connectivity index (χ2v) is 4.18. The molecule has 0 spiro atoms. The van der Waals surface area contributed by atoms with Gasteiger partial charge in [-0.1, -0.05) is 19.8 Å². The molecule has 1 nitrogen and oxygen atoms in total. The van der Waals surface area contributed by atoms with Crippen LogP contribution in [-0.2, 0) is 0 Å². The van der Waals surface area contributed by atoms with Gasteiger partial charge in [-0.2, -0.15) is 0 Å². The van der Waals surface area contributed by atoms with Crippen molar-refractivity contribution in [2.45, 2.75) is 32.6 Å². The third-order valence-corrected chi connectivity index (χ3v) is 3.55. The van der Waals surface area contributed by atoms with Crippen LogP contribution in [0.1, 0.15) is 32.6 Å².